The molecule has 0 radical (unpaired) electrons. The summed E-state index contributed by atoms with van der Waals surface area (Å²) in [4.78, 5) is 24.2. The number of hydrogen-bond donors (Lipinski definition) is 1. The molecule has 0 unspecified atom stereocenters. The summed E-state index contributed by atoms with van der Waals surface area (Å²) in [6, 6.07) is 21.2. The molecule has 33 heavy (non-hydrogen) atoms. The molecule has 1 N–H and O–H groups in total. The minimum absolute atomic E-state index is 0.137. The normalized spacial score (nSPS) is 14.4. The Hall–Kier alpha value is -4.39. The third-order valence-electron chi connectivity index (χ3n) is 5.18. The lowest BCUT2D eigenvalue weighted by Gasteiger charge is -2.14. The van der Waals surface area contributed by atoms with Crippen LogP contribution in [0.2, 0.25) is 0 Å². The third-order valence-corrected chi connectivity index (χ3v) is 5.18. The van der Waals surface area contributed by atoms with Gasteiger partial charge in [-0.2, -0.15) is 10.1 Å². The topological polar surface area (TPSA) is 88.4 Å². The van der Waals surface area contributed by atoms with Gasteiger partial charge in [-0.15, -0.1) is 0 Å². The minimum atomic E-state index is -1.03. The van der Waals surface area contributed by atoms with Crippen molar-refractivity contribution < 1.29 is 24.2 Å². The molecular formula is C26H22N2O5. The van der Waals surface area contributed by atoms with E-state index in [1.54, 1.807) is 38.3 Å². The average molecular weight is 442 g/mol. The van der Waals surface area contributed by atoms with Gasteiger partial charge in [0.05, 0.1) is 29.6 Å². The van der Waals surface area contributed by atoms with Gasteiger partial charge in [-0.05, 0) is 48.9 Å². The first kappa shape index (κ1) is 21.8. The van der Waals surface area contributed by atoms with E-state index in [2.05, 4.69) is 5.10 Å². The van der Waals surface area contributed by atoms with Crippen LogP contribution in [-0.2, 0) is 11.4 Å². The standard InChI is InChI=1S/C26H22N2O5/c1-17-22(25(29)28(27-17)21-13-11-19(12-14-21)26(30)31)15-20-9-6-10-23(32-2)24(20)33-16-18-7-4-3-5-8-18/h3-15H,16H2,1-2H3,(H,30,31)/b22-15+. The second kappa shape index (κ2) is 9.40. The van der Waals surface area contributed by atoms with Crippen molar-refractivity contribution in [1.82, 2.24) is 0 Å². The summed E-state index contributed by atoms with van der Waals surface area (Å²) in [6.07, 6.45) is 1.73. The molecule has 166 valence electrons. The van der Waals surface area contributed by atoms with Crippen molar-refractivity contribution in [3.8, 4) is 11.5 Å². The summed E-state index contributed by atoms with van der Waals surface area (Å²) in [5, 5.41) is 14.7. The van der Waals surface area contributed by atoms with Crippen molar-refractivity contribution in [1.29, 1.82) is 0 Å². The predicted octanol–water partition coefficient (Wildman–Crippen LogP) is 4.78. The van der Waals surface area contributed by atoms with Crippen LogP contribution in [0.5, 0.6) is 11.5 Å². The summed E-state index contributed by atoms with van der Waals surface area (Å²) in [6.45, 7) is 2.10. The van der Waals surface area contributed by atoms with Crippen molar-refractivity contribution in [3.63, 3.8) is 0 Å². The summed E-state index contributed by atoms with van der Waals surface area (Å²) in [5.41, 5.74) is 3.27. The second-order valence-electron chi connectivity index (χ2n) is 7.37. The Kier molecular flexibility index (Phi) is 6.22. The maximum atomic E-state index is 13.1. The molecule has 7 nitrogen and oxygen atoms in total. The van der Waals surface area contributed by atoms with Crippen LogP contribution in [0.3, 0.4) is 0 Å². The highest BCUT2D eigenvalue weighted by atomic mass is 16.5. The van der Waals surface area contributed by atoms with Crippen LogP contribution in [0.25, 0.3) is 6.08 Å². The van der Waals surface area contributed by atoms with Crippen molar-refractivity contribution in [2.24, 2.45) is 5.10 Å². The van der Waals surface area contributed by atoms with Gasteiger partial charge >= 0.3 is 5.97 Å². The monoisotopic (exact) mass is 442 g/mol. The summed E-state index contributed by atoms with van der Waals surface area (Å²) < 4.78 is 11.6. The van der Waals surface area contributed by atoms with Gasteiger partial charge in [-0.25, -0.2) is 4.79 Å². The number of hydrogen-bond acceptors (Lipinski definition) is 5. The lowest BCUT2D eigenvalue weighted by atomic mass is 10.1. The van der Waals surface area contributed by atoms with E-state index in [1.807, 2.05) is 42.5 Å². The Balaban J connectivity index is 1.64. The van der Waals surface area contributed by atoms with Crippen molar-refractivity contribution in [2.75, 3.05) is 12.1 Å². The molecule has 0 saturated carbocycles. The SMILES string of the molecule is COc1cccc(/C=C2/C(=O)N(c3ccc(C(=O)O)cc3)N=C2C)c1OCc1ccccc1. The summed E-state index contributed by atoms with van der Waals surface area (Å²) >= 11 is 0. The van der Waals surface area contributed by atoms with Gasteiger partial charge in [0.2, 0.25) is 0 Å². The van der Waals surface area contributed by atoms with Gasteiger partial charge in [0.25, 0.3) is 5.91 Å². The highest BCUT2D eigenvalue weighted by Crippen LogP contribution is 2.35. The first-order valence-electron chi connectivity index (χ1n) is 10.3. The number of aromatic carboxylic acids is 1. The molecule has 0 aliphatic carbocycles. The van der Waals surface area contributed by atoms with Crippen LogP contribution in [-0.4, -0.2) is 29.8 Å². The fourth-order valence-corrected chi connectivity index (χ4v) is 3.45. The number of para-hydroxylation sites is 1. The van der Waals surface area contributed by atoms with Gasteiger partial charge in [0.15, 0.2) is 11.5 Å². The fraction of sp³-hybridized carbons (Fsp3) is 0.115. The zero-order valence-corrected chi connectivity index (χ0v) is 18.2. The Morgan fingerprint density at radius 2 is 1.76 bits per heavy atom. The van der Waals surface area contributed by atoms with E-state index in [0.29, 0.717) is 40.6 Å². The zero-order chi connectivity index (χ0) is 23.4. The maximum absolute atomic E-state index is 13.1. The number of nitrogens with zero attached hydrogens (tertiary/aromatic N) is 2. The Labute approximate surface area is 191 Å². The summed E-state index contributed by atoms with van der Waals surface area (Å²) in [5.74, 6) is -0.259. The number of amides is 1. The largest absolute Gasteiger partial charge is 0.493 e. The number of benzene rings is 3. The maximum Gasteiger partial charge on any atom is 0.335 e. The smallest absolute Gasteiger partial charge is 0.335 e. The molecule has 4 rings (SSSR count). The number of carboxylic acid groups (broad SMARTS) is 1. The van der Waals surface area contributed by atoms with Crippen LogP contribution in [0.15, 0.2) is 83.5 Å². The van der Waals surface area contributed by atoms with E-state index in [0.717, 1.165) is 5.56 Å². The molecule has 0 saturated heterocycles. The Bertz CT molecular complexity index is 1250. The predicted molar refractivity (Wildman–Crippen MR) is 126 cm³/mol. The van der Waals surface area contributed by atoms with Gasteiger partial charge in [0, 0.05) is 5.56 Å². The molecular weight excluding hydrogens is 420 g/mol. The molecule has 3 aromatic rings. The van der Waals surface area contributed by atoms with E-state index in [-0.39, 0.29) is 11.5 Å². The van der Waals surface area contributed by atoms with E-state index in [9.17, 15) is 9.59 Å². The molecule has 0 atom stereocenters. The van der Waals surface area contributed by atoms with E-state index < -0.39 is 5.97 Å². The quantitative estimate of drug-likeness (QED) is 0.532. The molecule has 1 aliphatic heterocycles. The molecule has 0 spiro atoms. The number of carbonyl (C=O) groups is 2. The van der Waals surface area contributed by atoms with Crippen LogP contribution >= 0.6 is 0 Å². The minimum Gasteiger partial charge on any atom is -0.493 e. The van der Waals surface area contributed by atoms with Gasteiger partial charge in [-0.1, -0.05) is 42.5 Å². The molecule has 0 bridgehead atoms. The Morgan fingerprint density at radius 1 is 1.03 bits per heavy atom. The molecule has 1 amide bonds. The number of hydrazone groups is 1. The average Bonchev–Trinajstić information content (AvgIpc) is 3.12. The van der Waals surface area contributed by atoms with Crippen LogP contribution in [0.1, 0.15) is 28.4 Å². The lowest BCUT2D eigenvalue weighted by molar-refractivity contribution is -0.114. The van der Waals surface area contributed by atoms with Crippen LogP contribution < -0.4 is 14.5 Å². The number of carbonyl (C=O) groups excluding carboxylic acids is 1. The van der Waals surface area contributed by atoms with Crippen molar-refractivity contribution in [3.05, 3.63) is 95.1 Å². The molecule has 1 aliphatic rings. The van der Waals surface area contributed by atoms with E-state index in [1.165, 1.54) is 17.1 Å². The highest BCUT2D eigenvalue weighted by Gasteiger charge is 2.29. The number of methoxy groups -OCH3 is 1. The lowest BCUT2D eigenvalue weighted by Crippen LogP contribution is -2.21. The molecule has 7 heteroatoms. The third kappa shape index (κ3) is 4.62. The van der Waals surface area contributed by atoms with Gasteiger partial charge in [0.1, 0.15) is 6.61 Å². The van der Waals surface area contributed by atoms with Gasteiger partial charge in [-0.3, -0.25) is 4.79 Å². The molecule has 1 heterocycles. The second-order valence-corrected chi connectivity index (χ2v) is 7.37. The van der Waals surface area contributed by atoms with Crippen molar-refractivity contribution >= 4 is 29.4 Å². The van der Waals surface area contributed by atoms with Crippen molar-refractivity contribution in [2.45, 2.75) is 13.5 Å². The zero-order valence-electron chi connectivity index (χ0n) is 18.2. The van der Waals surface area contributed by atoms with E-state index >= 15 is 0 Å². The first-order chi connectivity index (χ1) is 16.0. The number of ether oxygens (including phenoxy) is 2. The highest BCUT2D eigenvalue weighted by molar-refractivity contribution is 6.32. The van der Waals surface area contributed by atoms with E-state index in [4.69, 9.17) is 14.6 Å². The van der Waals surface area contributed by atoms with Gasteiger partial charge < -0.3 is 14.6 Å². The fourth-order valence-electron chi connectivity index (χ4n) is 3.45. The molecule has 0 aromatic heterocycles. The number of rotatable bonds is 7. The number of carboxylic acids is 1. The Morgan fingerprint density at radius 3 is 2.42 bits per heavy atom. The van der Waals surface area contributed by atoms with Crippen LogP contribution in [0, 0.1) is 0 Å². The molecule has 0 fully saturated rings. The first-order valence-corrected chi connectivity index (χ1v) is 10.3. The molecule has 3 aromatic carbocycles. The summed E-state index contributed by atoms with van der Waals surface area (Å²) in [7, 11) is 1.57. The van der Waals surface area contributed by atoms with Crippen LogP contribution in [0.4, 0.5) is 5.69 Å². The number of anilines is 1.